The van der Waals surface area contributed by atoms with Gasteiger partial charge >= 0.3 is 0 Å². The number of fused-ring (bicyclic) bond motifs is 1. The highest BCUT2D eigenvalue weighted by Gasteiger charge is 2.17. The number of carbonyl (C=O) groups excluding carboxylic acids is 1. The molecule has 2 nitrogen and oxygen atoms in total. The Hall–Kier alpha value is -2.20. The molecule has 0 N–H and O–H groups in total. The second kappa shape index (κ2) is 4.72. The summed E-state index contributed by atoms with van der Waals surface area (Å²) >= 11 is 5.63. The zero-order valence-electron chi connectivity index (χ0n) is 9.99. The number of halogens is 3. The van der Waals surface area contributed by atoms with Crippen molar-refractivity contribution < 1.29 is 18.0 Å². The van der Waals surface area contributed by atoms with Gasteiger partial charge in [-0.15, -0.1) is 0 Å². The average Bonchev–Trinajstić information content (AvgIpc) is 2.86. The van der Waals surface area contributed by atoms with Crippen molar-refractivity contribution in [3.05, 3.63) is 70.4 Å². The minimum Gasteiger partial charge on any atom is -0.449 e. The van der Waals surface area contributed by atoms with Crippen LogP contribution in [0.3, 0.4) is 0 Å². The second-order valence-electron chi connectivity index (χ2n) is 4.23. The van der Waals surface area contributed by atoms with Gasteiger partial charge in [0.25, 0.3) is 0 Å². The van der Waals surface area contributed by atoms with Gasteiger partial charge in [-0.3, -0.25) is 4.79 Å². The normalized spacial score (nSPS) is 10.9. The number of ketones is 1. The Kier molecular flexibility index (Phi) is 3.03. The Bertz CT molecular complexity index is 824. The zero-order valence-corrected chi connectivity index (χ0v) is 10.7. The Balaban J connectivity index is 2.08. The minimum atomic E-state index is -0.612. The summed E-state index contributed by atoms with van der Waals surface area (Å²) in [7, 11) is 0. The van der Waals surface area contributed by atoms with Crippen molar-refractivity contribution in [2.45, 2.75) is 0 Å². The van der Waals surface area contributed by atoms with Crippen LogP contribution in [0.4, 0.5) is 8.78 Å². The molecule has 0 saturated heterocycles. The highest BCUT2D eigenvalue weighted by Crippen LogP contribution is 2.25. The van der Waals surface area contributed by atoms with Gasteiger partial charge in [0.05, 0.1) is 5.02 Å². The van der Waals surface area contributed by atoms with Crippen LogP contribution < -0.4 is 0 Å². The molecule has 0 radical (unpaired) electrons. The van der Waals surface area contributed by atoms with Gasteiger partial charge in [0.15, 0.2) is 17.2 Å². The van der Waals surface area contributed by atoms with E-state index in [2.05, 4.69) is 0 Å². The van der Waals surface area contributed by atoms with E-state index in [0.29, 0.717) is 5.39 Å². The number of furan rings is 1. The lowest BCUT2D eigenvalue weighted by Crippen LogP contribution is -1.99. The van der Waals surface area contributed by atoms with E-state index in [0.717, 1.165) is 6.07 Å². The third kappa shape index (κ3) is 2.08. The maximum atomic E-state index is 13.5. The van der Waals surface area contributed by atoms with E-state index in [1.165, 1.54) is 30.3 Å². The molecular formula is C15H7ClF2O2. The molecule has 0 aliphatic heterocycles. The third-order valence-corrected chi connectivity index (χ3v) is 3.19. The van der Waals surface area contributed by atoms with Crippen LogP contribution in [0.25, 0.3) is 11.0 Å². The average molecular weight is 293 g/mol. The van der Waals surface area contributed by atoms with Crippen molar-refractivity contribution >= 4 is 28.4 Å². The summed E-state index contributed by atoms with van der Waals surface area (Å²) < 4.78 is 31.8. The number of carbonyl (C=O) groups is 1. The summed E-state index contributed by atoms with van der Waals surface area (Å²) in [6.07, 6.45) is 0. The maximum Gasteiger partial charge on any atom is 0.228 e. The molecule has 0 aliphatic rings. The van der Waals surface area contributed by atoms with Crippen LogP contribution in [0.5, 0.6) is 0 Å². The molecule has 100 valence electrons. The van der Waals surface area contributed by atoms with Crippen LogP contribution >= 0.6 is 11.6 Å². The highest BCUT2D eigenvalue weighted by molar-refractivity contribution is 6.31. The SMILES string of the molecule is O=C(c1ccc(F)c(Cl)c1)c1cc2cccc(F)c2o1. The van der Waals surface area contributed by atoms with Crippen LogP contribution in [0, 0.1) is 11.6 Å². The molecule has 0 spiro atoms. The fraction of sp³-hybridized carbons (Fsp3) is 0. The van der Waals surface area contributed by atoms with Gasteiger partial charge in [0.2, 0.25) is 5.78 Å². The number of hydrogen-bond donors (Lipinski definition) is 0. The van der Waals surface area contributed by atoms with E-state index in [1.807, 2.05) is 0 Å². The Morgan fingerprint density at radius 1 is 1.05 bits per heavy atom. The molecule has 0 unspecified atom stereocenters. The first-order valence-electron chi connectivity index (χ1n) is 5.74. The van der Waals surface area contributed by atoms with Gasteiger partial charge in [-0.2, -0.15) is 0 Å². The molecule has 0 bridgehead atoms. The first-order valence-corrected chi connectivity index (χ1v) is 6.12. The Labute approximate surface area is 117 Å². The van der Waals surface area contributed by atoms with Gasteiger partial charge in [-0.05, 0) is 30.3 Å². The number of hydrogen-bond acceptors (Lipinski definition) is 2. The Morgan fingerprint density at radius 2 is 1.85 bits per heavy atom. The van der Waals surface area contributed by atoms with Crippen molar-refractivity contribution in [3.63, 3.8) is 0 Å². The van der Waals surface area contributed by atoms with Crippen molar-refractivity contribution in [2.75, 3.05) is 0 Å². The van der Waals surface area contributed by atoms with E-state index in [9.17, 15) is 13.6 Å². The smallest absolute Gasteiger partial charge is 0.228 e. The van der Waals surface area contributed by atoms with Crippen LogP contribution in [0.2, 0.25) is 5.02 Å². The van der Waals surface area contributed by atoms with Gasteiger partial charge in [0.1, 0.15) is 5.82 Å². The molecule has 1 aromatic heterocycles. The number of rotatable bonds is 2. The largest absolute Gasteiger partial charge is 0.449 e. The van der Waals surface area contributed by atoms with Gasteiger partial charge < -0.3 is 4.42 Å². The first-order chi connectivity index (χ1) is 9.56. The van der Waals surface area contributed by atoms with E-state index in [-0.39, 0.29) is 21.9 Å². The molecule has 0 aliphatic carbocycles. The lowest BCUT2D eigenvalue weighted by Gasteiger charge is -1.99. The molecule has 1 heterocycles. The summed E-state index contributed by atoms with van der Waals surface area (Å²) in [5.74, 6) is -1.66. The molecule has 0 saturated carbocycles. The van der Waals surface area contributed by atoms with Crippen molar-refractivity contribution in [2.24, 2.45) is 0 Å². The fourth-order valence-corrected chi connectivity index (χ4v) is 2.10. The predicted octanol–water partition coefficient (Wildman–Crippen LogP) is 4.60. The lowest BCUT2D eigenvalue weighted by molar-refractivity contribution is 0.101. The third-order valence-electron chi connectivity index (χ3n) is 2.90. The second-order valence-corrected chi connectivity index (χ2v) is 4.63. The van der Waals surface area contributed by atoms with E-state index < -0.39 is 17.4 Å². The summed E-state index contributed by atoms with van der Waals surface area (Å²) in [4.78, 5) is 12.2. The number of para-hydroxylation sites is 1. The van der Waals surface area contributed by atoms with Gasteiger partial charge in [0, 0.05) is 10.9 Å². The van der Waals surface area contributed by atoms with Gasteiger partial charge in [-0.25, -0.2) is 8.78 Å². The molecule has 2 aromatic carbocycles. The first kappa shape index (κ1) is 12.8. The maximum absolute atomic E-state index is 13.5. The number of benzene rings is 2. The van der Waals surface area contributed by atoms with Crippen molar-refractivity contribution in [1.29, 1.82) is 0 Å². The molecule has 5 heteroatoms. The van der Waals surface area contributed by atoms with Crippen LogP contribution in [-0.4, -0.2) is 5.78 Å². The van der Waals surface area contributed by atoms with Crippen molar-refractivity contribution in [1.82, 2.24) is 0 Å². The summed E-state index contributed by atoms with van der Waals surface area (Å²) in [6, 6.07) is 9.45. The molecule has 20 heavy (non-hydrogen) atoms. The Morgan fingerprint density at radius 3 is 2.55 bits per heavy atom. The monoisotopic (exact) mass is 292 g/mol. The van der Waals surface area contributed by atoms with E-state index >= 15 is 0 Å². The van der Waals surface area contributed by atoms with Crippen LogP contribution in [0.1, 0.15) is 16.1 Å². The molecule has 0 fully saturated rings. The standard InChI is InChI=1S/C15H7ClF2O2/c16-10-6-8(4-5-11(10)17)14(19)13-7-9-2-1-3-12(18)15(9)20-13/h1-7H. The highest BCUT2D eigenvalue weighted by atomic mass is 35.5. The molecule has 0 amide bonds. The summed E-state index contributed by atoms with van der Waals surface area (Å²) in [5, 5.41) is 0.333. The molecule has 0 atom stereocenters. The lowest BCUT2D eigenvalue weighted by atomic mass is 10.1. The minimum absolute atomic E-state index is 0.0176. The summed E-state index contributed by atoms with van der Waals surface area (Å²) in [6.45, 7) is 0. The fourth-order valence-electron chi connectivity index (χ4n) is 1.92. The quantitative estimate of drug-likeness (QED) is 0.646. The molecule has 3 aromatic rings. The molecule has 3 rings (SSSR count). The summed E-state index contributed by atoms with van der Waals surface area (Å²) in [5.41, 5.74) is 0.194. The van der Waals surface area contributed by atoms with Crippen LogP contribution in [0.15, 0.2) is 46.9 Å². The molecular weight excluding hydrogens is 286 g/mol. The van der Waals surface area contributed by atoms with Crippen LogP contribution in [-0.2, 0) is 0 Å². The zero-order chi connectivity index (χ0) is 14.3. The van der Waals surface area contributed by atoms with E-state index in [1.54, 1.807) is 6.07 Å². The van der Waals surface area contributed by atoms with E-state index in [4.69, 9.17) is 16.0 Å². The van der Waals surface area contributed by atoms with Gasteiger partial charge in [-0.1, -0.05) is 23.7 Å². The topological polar surface area (TPSA) is 30.2 Å². The van der Waals surface area contributed by atoms with Crippen molar-refractivity contribution in [3.8, 4) is 0 Å². The predicted molar refractivity (Wildman–Crippen MR) is 71.0 cm³/mol.